The van der Waals surface area contributed by atoms with E-state index in [2.05, 4.69) is 29.8 Å². The van der Waals surface area contributed by atoms with Crippen molar-refractivity contribution in [2.75, 3.05) is 63.0 Å². The van der Waals surface area contributed by atoms with E-state index in [1.165, 1.54) is 6.33 Å². The lowest BCUT2D eigenvalue weighted by Crippen LogP contribution is -2.56. The van der Waals surface area contributed by atoms with Gasteiger partial charge in [-0.3, -0.25) is 24.6 Å². The molecular weight excluding hydrogens is 775 g/mol. The zero-order valence-corrected chi connectivity index (χ0v) is 34.0. The molecule has 5 aliphatic rings. The first kappa shape index (κ1) is 38.6. The van der Waals surface area contributed by atoms with Crippen molar-refractivity contribution in [1.29, 1.82) is 0 Å². The number of amides is 5. The molecule has 3 aromatic carbocycles. The van der Waals surface area contributed by atoms with Gasteiger partial charge in [-0.25, -0.2) is 19.4 Å². The second-order valence-electron chi connectivity index (χ2n) is 16.7. The minimum atomic E-state index is -0.637. The summed E-state index contributed by atoms with van der Waals surface area (Å²) >= 11 is 0. The van der Waals surface area contributed by atoms with Crippen LogP contribution in [0.3, 0.4) is 0 Å². The molecule has 2 aromatic heterocycles. The van der Waals surface area contributed by atoms with Gasteiger partial charge in [0.2, 0.25) is 11.8 Å². The number of nitrogens with one attached hydrogen (secondary N) is 1. The molecule has 61 heavy (non-hydrogen) atoms. The topological polar surface area (TPSA) is 175 Å². The lowest BCUT2D eigenvalue weighted by Gasteiger charge is -2.44. The quantitative estimate of drug-likeness (QED) is 0.218. The number of anilines is 2. The van der Waals surface area contributed by atoms with Gasteiger partial charge in [0.15, 0.2) is 5.65 Å². The first-order valence-electron chi connectivity index (χ1n) is 21.4. The van der Waals surface area contributed by atoms with Crippen molar-refractivity contribution in [3.8, 4) is 22.8 Å². The molecule has 2 atom stereocenters. The minimum Gasteiger partial charge on any atom is -0.457 e. The number of carbonyl (C=O) groups excluding carboxylic acids is 4. The Morgan fingerprint density at radius 1 is 0.787 bits per heavy atom. The van der Waals surface area contributed by atoms with E-state index in [0.29, 0.717) is 56.6 Å². The summed E-state index contributed by atoms with van der Waals surface area (Å²) in [7, 11) is 0. The monoisotopic (exact) mass is 823 g/mol. The number of piperazine rings is 1. The number of nitrogens with zero attached hydrogens (tertiary/aromatic N) is 9. The predicted molar refractivity (Wildman–Crippen MR) is 228 cm³/mol. The second-order valence-corrected chi connectivity index (χ2v) is 16.7. The zero-order chi connectivity index (χ0) is 41.6. The number of benzene rings is 3. The van der Waals surface area contributed by atoms with Gasteiger partial charge in [-0.05, 0) is 98.8 Å². The lowest BCUT2D eigenvalue weighted by molar-refractivity contribution is -0.136. The van der Waals surface area contributed by atoms with Crippen LogP contribution in [0.25, 0.3) is 22.3 Å². The van der Waals surface area contributed by atoms with Gasteiger partial charge in [-0.15, -0.1) is 0 Å². The van der Waals surface area contributed by atoms with E-state index in [4.69, 9.17) is 15.6 Å². The van der Waals surface area contributed by atoms with Crippen LogP contribution in [0, 0.1) is 0 Å². The van der Waals surface area contributed by atoms with Gasteiger partial charge < -0.3 is 30.1 Å². The van der Waals surface area contributed by atoms with E-state index < -0.39 is 11.9 Å². The van der Waals surface area contributed by atoms with Crippen molar-refractivity contribution in [1.82, 2.24) is 44.7 Å². The molecule has 0 saturated carbocycles. The highest BCUT2D eigenvalue weighted by Gasteiger charge is 2.40. The minimum absolute atomic E-state index is 0.0986. The Bertz CT molecular complexity index is 2480. The second kappa shape index (κ2) is 16.1. The van der Waals surface area contributed by atoms with Gasteiger partial charge in [-0.1, -0.05) is 18.2 Å². The Labute approximate surface area is 353 Å². The molecule has 5 aliphatic heterocycles. The van der Waals surface area contributed by atoms with Crippen molar-refractivity contribution in [3.63, 3.8) is 0 Å². The number of para-hydroxylation sites is 1. The molecule has 5 aromatic rings. The van der Waals surface area contributed by atoms with Gasteiger partial charge in [0, 0.05) is 81.6 Å². The SMILES string of the molecule is Nc1ncnc2c1c(-c1ccc(Oc3ccccc3)cc1)nn2C1CCCN(C2CCN(C(=O)N3CCN(c4ccc5c(c4)CN(C4CCC(=O)NC4=O)C5=O)CC3)CC2)C1. The Balaban J connectivity index is 0.739. The Kier molecular flexibility index (Phi) is 10.2. The zero-order valence-electron chi connectivity index (χ0n) is 34.0. The molecule has 0 aliphatic carbocycles. The van der Waals surface area contributed by atoms with Crippen molar-refractivity contribution >= 4 is 46.3 Å². The number of hydrogen-bond acceptors (Lipinski definition) is 11. The maximum atomic E-state index is 13.8. The summed E-state index contributed by atoms with van der Waals surface area (Å²) in [6, 6.07) is 23.4. The number of fused-ring (bicyclic) bond motifs is 2. The van der Waals surface area contributed by atoms with Gasteiger partial charge >= 0.3 is 6.03 Å². The highest BCUT2D eigenvalue weighted by Crippen LogP contribution is 2.36. The number of hydrogen-bond donors (Lipinski definition) is 2. The number of imide groups is 1. The highest BCUT2D eigenvalue weighted by molar-refractivity contribution is 6.05. The van der Waals surface area contributed by atoms with Gasteiger partial charge in [0.1, 0.15) is 35.4 Å². The van der Waals surface area contributed by atoms with Crippen LogP contribution in [0.15, 0.2) is 79.1 Å². The lowest BCUT2D eigenvalue weighted by atomic mass is 9.98. The smallest absolute Gasteiger partial charge is 0.320 e. The fourth-order valence-electron chi connectivity index (χ4n) is 9.81. The van der Waals surface area contributed by atoms with Crippen LogP contribution in [-0.4, -0.2) is 128 Å². The Morgan fingerprint density at radius 3 is 2.31 bits per heavy atom. The number of likely N-dealkylation sites (tertiary alicyclic amines) is 2. The normalized spacial score (nSPS) is 21.5. The van der Waals surface area contributed by atoms with Crippen LogP contribution >= 0.6 is 0 Å². The molecule has 0 spiro atoms. The molecule has 5 amide bonds. The summed E-state index contributed by atoms with van der Waals surface area (Å²) in [4.78, 5) is 70.5. The standard InChI is InChI=1S/C45H49N11O5/c46-41-39-40(29-8-11-35(12-9-29)61-34-6-2-1-3-7-34)50-56(42(39)48-28-47-41)33-5-4-18-54(27-33)31-16-19-52(20-17-31)45(60)53-23-21-51(22-24-53)32-10-13-36-30(25-32)26-55(44(36)59)37-14-15-38(57)49-43(37)58/h1-3,6-13,25,28,31,33,37H,4-5,14-24,26-27H2,(H2,46,47,48)(H,49,57,58). The van der Waals surface area contributed by atoms with Crippen LogP contribution in [-0.2, 0) is 16.1 Å². The molecule has 0 bridgehead atoms. The van der Waals surface area contributed by atoms with Crippen molar-refractivity contribution in [2.24, 2.45) is 0 Å². The Hall–Kier alpha value is -6.55. The molecule has 7 heterocycles. The average Bonchev–Trinajstić information content (AvgIpc) is 3.85. The molecule has 4 saturated heterocycles. The summed E-state index contributed by atoms with van der Waals surface area (Å²) in [6.07, 6.45) is 5.93. The summed E-state index contributed by atoms with van der Waals surface area (Å²) in [5.74, 6) is 1.03. The largest absolute Gasteiger partial charge is 0.457 e. The van der Waals surface area contributed by atoms with E-state index in [1.807, 2.05) is 82.6 Å². The molecular formula is C45H49N11O5. The fraction of sp³-hybridized carbons (Fsp3) is 0.400. The molecule has 2 unspecified atom stereocenters. The number of carbonyl (C=O) groups is 4. The summed E-state index contributed by atoms with van der Waals surface area (Å²) < 4.78 is 8.08. The molecule has 16 heteroatoms. The van der Waals surface area contributed by atoms with E-state index in [0.717, 1.165) is 96.9 Å². The first-order valence-corrected chi connectivity index (χ1v) is 21.4. The maximum absolute atomic E-state index is 13.8. The van der Waals surface area contributed by atoms with Gasteiger partial charge in [-0.2, -0.15) is 5.10 Å². The van der Waals surface area contributed by atoms with E-state index >= 15 is 0 Å². The first-order chi connectivity index (χ1) is 29.8. The summed E-state index contributed by atoms with van der Waals surface area (Å²) in [5.41, 5.74) is 11.4. The van der Waals surface area contributed by atoms with Crippen molar-refractivity contribution in [2.45, 2.75) is 63.2 Å². The van der Waals surface area contributed by atoms with Crippen molar-refractivity contribution < 1.29 is 23.9 Å². The molecule has 0 radical (unpaired) electrons. The Morgan fingerprint density at radius 2 is 1.54 bits per heavy atom. The number of ether oxygens (including phenoxy) is 1. The van der Waals surface area contributed by atoms with Gasteiger partial charge in [0.05, 0.1) is 11.4 Å². The number of rotatable bonds is 7. The molecule has 16 nitrogen and oxygen atoms in total. The number of aromatic nitrogens is 4. The third kappa shape index (κ3) is 7.49. The van der Waals surface area contributed by atoms with E-state index in [-0.39, 0.29) is 30.3 Å². The predicted octanol–water partition coefficient (Wildman–Crippen LogP) is 4.67. The highest BCUT2D eigenvalue weighted by atomic mass is 16.5. The molecule has 10 rings (SSSR count). The van der Waals surface area contributed by atoms with E-state index in [9.17, 15) is 19.2 Å². The average molecular weight is 824 g/mol. The van der Waals surface area contributed by atoms with Crippen LogP contribution in [0.5, 0.6) is 11.5 Å². The van der Waals surface area contributed by atoms with Crippen molar-refractivity contribution in [3.05, 3.63) is 90.3 Å². The molecule has 3 N–H and O–H groups in total. The van der Waals surface area contributed by atoms with Crippen LogP contribution < -0.4 is 20.7 Å². The third-order valence-electron chi connectivity index (χ3n) is 13.1. The summed E-state index contributed by atoms with van der Waals surface area (Å²) in [6.45, 7) is 6.24. The fourth-order valence-corrected chi connectivity index (χ4v) is 9.81. The molecule has 4 fully saturated rings. The summed E-state index contributed by atoms with van der Waals surface area (Å²) in [5, 5.41) is 8.28. The number of urea groups is 1. The number of nitrogens with two attached hydrogens (primary N) is 1. The number of nitrogen functional groups attached to an aromatic ring is 1. The van der Waals surface area contributed by atoms with Crippen LogP contribution in [0.2, 0.25) is 0 Å². The number of piperidine rings is 3. The molecule has 314 valence electrons. The maximum Gasteiger partial charge on any atom is 0.320 e. The van der Waals surface area contributed by atoms with Gasteiger partial charge in [0.25, 0.3) is 5.91 Å². The van der Waals surface area contributed by atoms with Crippen LogP contribution in [0.1, 0.15) is 60.5 Å². The van der Waals surface area contributed by atoms with Crippen LogP contribution in [0.4, 0.5) is 16.3 Å². The van der Waals surface area contributed by atoms with E-state index in [1.54, 1.807) is 4.90 Å². The third-order valence-corrected chi connectivity index (χ3v) is 13.1.